The molecule has 3 heteroatoms. The van der Waals surface area contributed by atoms with Crippen LogP contribution >= 0.6 is 0 Å². The van der Waals surface area contributed by atoms with E-state index in [4.69, 9.17) is 5.73 Å². The number of rotatable bonds is 4. The van der Waals surface area contributed by atoms with Crippen LogP contribution in [0, 0.1) is 0 Å². The number of anilines is 1. The third-order valence-electron chi connectivity index (χ3n) is 3.28. The molecule has 2 aromatic rings. The van der Waals surface area contributed by atoms with E-state index in [-0.39, 0.29) is 0 Å². The van der Waals surface area contributed by atoms with Crippen LogP contribution in [0.25, 0.3) is 11.3 Å². The third-order valence-corrected chi connectivity index (χ3v) is 3.28. The molecule has 1 aromatic heterocycles. The van der Waals surface area contributed by atoms with Crippen molar-refractivity contribution in [3.05, 3.63) is 35.9 Å². The van der Waals surface area contributed by atoms with Crippen molar-refractivity contribution in [2.75, 3.05) is 5.73 Å². The number of H-pyrrole nitrogens is 1. The van der Waals surface area contributed by atoms with Gasteiger partial charge in [-0.2, -0.15) is 5.10 Å². The standard InChI is InChI=1S/C14H19N3/c1-3-10(4-2)11-5-7-12(8-6-11)13-9-14(15)17-16-13/h5-10H,3-4H2,1-2H3,(H3,15,16,17). The predicted molar refractivity (Wildman–Crippen MR) is 71.8 cm³/mol. The molecule has 3 N–H and O–H groups in total. The van der Waals surface area contributed by atoms with E-state index in [9.17, 15) is 0 Å². The molecule has 0 aliphatic carbocycles. The summed E-state index contributed by atoms with van der Waals surface area (Å²) in [6.07, 6.45) is 2.37. The van der Waals surface area contributed by atoms with Gasteiger partial charge in [0.2, 0.25) is 0 Å². The zero-order valence-electron chi connectivity index (χ0n) is 10.4. The largest absolute Gasteiger partial charge is 0.382 e. The molecule has 0 aliphatic rings. The molecule has 3 nitrogen and oxygen atoms in total. The minimum absolute atomic E-state index is 0.532. The Bertz CT molecular complexity index is 466. The number of aromatic amines is 1. The average molecular weight is 229 g/mol. The van der Waals surface area contributed by atoms with E-state index in [0.717, 1.165) is 11.3 Å². The SMILES string of the molecule is CCC(CC)c1ccc(-c2cc(N)n[nH]2)cc1. The molecule has 0 aliphatic heterocycles. The first kappa shape index (κ1) is 11.7. The van der Waals surface area contributed by atoms with Gasteiger partial charge in [0.25, 0.3) is 0 Å². The van der Waals surface area contributed by atoms with Crippen molar-refractivity contribution in [2.24, 2.45) is 0 Å². The molecule has 1 heterocycles. The van der Waals surface area contributed by atoms with Crippen molar-refractivity contribution in [2.45, 2.75) is 32.6 Å². The van der Waals surface area contributed by atoms with E-state index in [1.165, 1.54) is 18.4 Å². The van der Waals surface area contributed by atoms with Crippen molar-refractivity contribution >= 4 is 5.82 Å². The molecule has 0 spiro atoms. The Morgan fingerprint density at radius 2 is 1.82 bits per heavy atom. The molecular weight excluding hydrogens is 210 g/mol. The molecule has 0 unspecified atom stereocenters. The van der Waals surface area contributed by atoms with Crippen LogP contribution in [0.15, 0.2) is 30.3 Å². The summed E-state index contributed by atoms with van der Waals surface area (Å²) in [4.78, 5) is 0. The molecular formula is C14H19N3. The second-order valence-corrected chi connectivity index (χ2v) is 4.34. The minimum atomic E-state index is 0.532. The molecule has 0 saturated heterocycles. The molecule has 0 amide bonds. The summed E-state index contributed by atoms with van der Waals surface area (Å²) < 4.78 is 0. The fourth-order valence-corrected chi connectivity index (χ4v) is 2.18. The van der Waals surface area contributed by atoms with Crippen LogP contribution in [0.5, 0.6) is 0 Å². The van der Waals surface area contributed by atoms with Gasteiger partial charge in [-0.3, -0.25) is 5.10 Å². The molecule has 90 valence electrons. The number of hydrogen-bond acceptors (Lipinski definition) is 2. The van der Waals surface area contributed by atoms with Gasteiger partial charge in [0.15, 0.2) is 0 Å². The molecule has 0 fully saturated rings. The second kappa shape index (κ2) is 5.04. The number of hydrogen-bond donors (Lipinski definition) is 2. The van der Waals surface area contributed by atoms with Crippen molar-refractivity contribution < 1.29 is 0 Å². The van der Waals surface area contributed by atoms with E-state index in [1.54, 1.807) is 0 Å². The maximum absolute atomic E-state index is 5.59. The summed E-state index contributed by atoms with van der Waals surface area (Å²) in [5.41, 5.74) is 9.10. The third kappa shape index (κ3) is 2.49. The average Bonchev–Trinajstić information content (AvgIpc) is 2.78. The van der Waals surface area contributed by atoms with Crippen LogP contribution in [-0.4, -0.2) is 10.2 Å². The van der Waals surface area contributed by atoms with E-state index < -0.39 is 0 Å². The van der Waals surface area contributed by atoms with Crippen LogP contribution in [0.3, 0.4) is 0 Å². The van der Waals surface area contributed by atoms with E-state index in [2.05, 4.69) is 48.3 Å². The monoisotopic (exact) mass is 229 g/mol. The summed E-state index contributed by atoms with van der Waals surface area (Å²) in [5, 5.41) is 6.86. The maximum atomic E-state index is 5.59. The summed E-state index contributed by atoms with van der Waals surface area (Å²) in [6, 6.07) is 10.5. The first-order valence-corrected chi connectivity index (χ1v) is 6.15. The summed E-state index contributed by atoms with van der Waals surface area (Å²) in [7, 11) is 0. The highest BCUT2D eigenvalue weighted by Crippen LogP contribution is 2.26. The van der Waals surface area contributed by atoms with Gasteiger partial charge in [-0.15, -0.1) is 0 Å². The number of nitrogens with two attached hydrogens (primary N) is 1. The molecule has 0 saturated carbocycles. The van der Waals surface area contributed by atoms with Crippen LogP contribution in [0.1, 0.15) is 38.2 Å². The van der Waals surface area contributed by atoms with Crippen LogP contribution in [0.4, 0.5) is 5.82 Å². The molecule has 2 rings (SSSR count). The zero-order chi connectivity index (χ0) is 12.3. The lowest BCUT2D eigenvalue weighted by Crippen LogP contribution is -1.94. The number of nitrogens with zero attached hydrogens (tertiary/aromatic N) is 1. The molecule has 1 aromatic carbocycles. The lowest BCUT2D eigenvalue weighted by atomic mass is 9.93. The summed E-state index contributed by atoms with van der Waals surface area (Å²) in [5.74, 6) is 1.19. The van der Waals surface area contributed by atoms with E-state index in [1.807, 2.05) is 6.07 Å². The number of nitrogens with one attached hydrogen (secondary N) is 1. The second-order valence-electron chi connectivity index (χ2n) is 4.34. The maximum Gasteiger partial charge on any atom is 0.145 e. The Hall–Kier alpha value is -1.77. The van der Waals surface area contributed by atoms with Crippen LogP contribution < -0.4 is 5.73 Å². The van der Waals surface area contributed by atoms with Crippen LogP contribution in [-0.2, 0) is 0 Å². The van der Waals surface area contributed by atoms with Gasteiger partial charge in [-0.05, 0) is 29.9 Å². The molecule has 0 atom stereocenters. The Kier molecular flexibility index (Phi) is 3.47. The Morgan fingerprint density at radius 3 is 2.29 bits per heavy atom. The fourth-order valence-electron chi connectivity index (χ4n) is 2.18. The molecule has 0 radical (unpaired) electrons. The first-order chi connectivity index (χ1) is 8.24. The molecule has 0 bridgehead atoms. The van der Waals surface area contributed by atoms with Gasteiger partial charge in [-0.25, -0.2) is 0 Å². The van der Waals surface area contributed by atoms with Crippen molar-refractivity contribution in [1.82, 2.24) is 10.2 Å². The molecule has 17 heavy (non-hydrogen) atoms. The normalized spacial score (nSPS) is 11.0. The lowest BCUT2D eigenvalue weighted by molar-refractivity contribution is 0.642. The van der Waals surface area contributed by atoms with Crippen molar-refractivity contribution in [3.8, 4) is 11.3 Å². The van der Waals surface area contributed by atoms with Crippen molar-refractivity contribution in [3.63, 3.8) is 0 Å². The summed E-state index contributed by atoms with van der Waals surface area (Å²) in [6.45, 7) is 4.47. The number of nitrogen functional groups attached to an aromatic ring is 1. The minimum Gasteiger partial charge on any atom is -0.382 e. The highest BCUT2D eigenvalue weighted by molar-refractivity contribution is 5.62. The van der Waals surface area contributed by atoms with Crippen LogP contribution in [0.2, 0.25) is 0 Å². The smallest absolute Gasteiger partial charge is 0.145 e. The van der Waals surface area contributed by atoms with Gasteiger partial charge in [0.05, 0.1) is 5.69 Å². The van der Waals surface area contributed by atoms with Gasteiger partial charge in [-0.1, -0.05) is 38.1 Å². The Balaban J connectivity index is 2.23. The predicted octanol–water partition coefficient (Wildman–Crippen LogP) is 3.56. The summed E-state index contributed by atoms with van der Waals surface area (Å²) >= 11 is 0. The van der Waals surface area contributed by atoms with Crippen molar-refractivity contribution in [1.29, 1.82) is 0 Å². The van der Waals surface area contributed by atoms with Gasteiger partial charge < -0.3 is 5.73 Å². The zero-order valence-corrected chi connectivity index (χ0v) is 10.4. The first-order valence-electron chi connectivity index (χ1n) is 6.15. The number of aromatic nitrogens is 2. The highest BCUT2D eigenvalue weighted by Gasteiger charge is 2.07. The number of benzene rings is 1. The lowest BCUT2D eigenvalue weighted by Gasteiger charge is -2.12. The van der Waals surface area contributed by atoms with E-state index in [0.29, 0.717) is 11.7 Å². The van der Waals surface area contributed by atoms with Gasteiger partial charge in [0.1, 0.15) is 5.82 Å². The Labute approximate surface area is 102 Å². The Morgan fingerprint density at radius 1 is 1.18 bits per heavy atom. The topological polar surface area (TPSA) is 54.7 Å². The van der Waals surface area contributed by atoms with Gasteiger partial charge in [0, 0.05) is 6.07 Å². The van der Waals surface area contributed by atoms with E-state index >= 15 is 0 Å². The quantitative estimate of drug-likeness (QED) is 0.842. The fraction of sp³-hybridized carbons (Fsp3) is 0.357. The van der Waals surface area contributed by atoms with Gasteiger partial charge >= 0.3 is 0 Å². The highest BCUT2D eigenvalue weighted by atomic mass is 15.2.